The Bertz CT molecular complexity index is 561. The Labute approximate surface area is 122 Å². The van der Waals surface area contributed by atoms with Gasteiger partial charge in [0.2, 0.25) is 7.38 Å². The highest BCUT2D eigenvalue weighted by molar-refractivity contribution is 7.33. The molecule has 0 bridgehead atoms. The van der Waals surface area contributed by atoms with Crippen LogP contribution in [0.25, 0.3) is 0 Å². The first-order valence-corrected chi connectivity index (χ1v) is 10.2. The molecule has 0 saturated carbocycles. The van der Waals surface area contributed by atoms with Gasteiger partial charge in [0, 0.05) is 0 Å². The predicted molar refractivity (Wildman–Crippen MR) is 88.6 cm³/mol. The average molecular weight is 289 g/mol. The van der Waals surface area contributed by atoms with Crippen LogP contribution in [0.3, 0.4) is 0 Å². The summed E-state index contributed by atoms with van der Waals surface area (Å²) in [4.78, 5) is 0. The standard InChI is InChI=1S/C17H21ClSi/c1-12-8-6-10-16(14(12)3)19(5,18)17-11-7-9-13(2)15(17)4/h6-11H,1-5H3. The molecule has 0 radical (unpaired) electrons. The van der Waals surface area contributed by atoms with Gasteiger partial charge in [-0.15, -0.1) is 0 Å². The molecule has 0 aliphatic carbocycles. The first-order chi connectivity index (χ1) is 8.85. The van der Waals surface area contributed by atoms with Crippen molar-refractivity contribution in [2.24, 2.45) is 0 Å². The number of rotatable bonds is 2. The summed E-state index contributed by atoms with van der Waals surface area (Å²) in [5, 5.41) is 2.67. The molecule has 19 heavy (non-hydrogen) atoms. The summed E-state index contributed by atoms with van der Waals surface area (Å²) in [5.74, 6) is 0. The Kier molecular flexibility index (Phi) is 3.89. The minimum Gasteiger partial charge on any atom is -0.155 e. The fraction of sp³-hybridized carbons (Fsp3) is 0.294. The van der Waals surface area contributed by atoms with E-state index >= 15 is 0 Å². The van der Waals surface area contributed by atoms with Gasteiger partial charge in [0.25, 0.3) is 0 Å². The second-order valence-electron chi connectivity index (χ2n) is 5.50. The number of benzene rings is 2. The van der Waals surface area contributed by atoms with Crippen molar-refractivity contribution in [3.63, 3.8) is 0 Å². The van der Waals surface area contributed by atoms with Crippen LogP contribution in [0.1, 0.15) is 22.3 Å². The SMILES string of the molecule is Cc1cccc([Si](C)(Cl)c2cccc(C)c2C)c1C. The molecule has 0 atom stereocenters. The third-order valence-corrected chi connectivity index (χ3v) is 8.55. The highest BCUT2D eigenvalue weighted by Crippen LogP contribution is 2.17. The normalized spacial score (nSPS) is 11.7. The maximum atomic E-state index is 7.08. The molecule has 0 heterocycles. The zero-order valence-corrected chi connectivity index (χ0v) is 14.1. The van der Waals surface area contributed by atoms with Gasteiger partial charge >= 0.3 is 0 Å². The summed E-state index contributed by atoms with van der Waals surface area (Å²) in [7, 11) is -2.14. The molecule has 0 aromatic heterocycles. The molecule has 100 valence electrons. The predicted octanol–water partition coefficient (Wildman–Crippen LogP) is 3.85. The highest BCUT2D eigenvalue weighted by atomic mass is 35.6. The van der Waals surface area contributed by atoms with Crippen molar-refractivity contribution in [1.29, 1.82) is 0 Å². The molecule has 2 aromatic carbocycles. The van der Waals surface area contributed by atoms with Crippen molar-refractivity contribution < 1.29 is 0 Å². The van der Waals surface area contributed by atoms with Gasteiger partial charge in [0.15, 0.2) is 0 Å². The largest absolute Gasteiger partial charge is 0.214 e. The summed E-state index contributed by atoms with van der Waals surface area (Å²) >= 11 is 7.08. The van der Waals surface area contributed by atoms with E-state index in [2.05, 4.69) is 70.6 Å². The van der Waals surface area contributed by atoms with Crippen LogP contribution >= 0.6 is 11.1 Å². The minimum atomic E-state index is -2.14. The van der Waals surface area contributed by atoms with E-state index in [1.54, 1.807) is 0 Å². The quantitative estimate of drug-likeness (QED) is 0.582. The molecular formula is C17H21ClSi. The van der Waals surface area contributed by atoms with Gasteiger partial charge in [-0.25, -0.2) is 0 Å². The van der Waals surface area contributed by atoms with Crippen LogP contribution in [-0.4, -0.2) is 7.38 Å². The van der Waals surface area contributed by atoms with Gasteiger partial charge in [-0.1, -0.05) is 36.4 Å². The second kappa shape index (κ2) is 5.14. The molecule has 0 unspecified atom stereocenters. The monoisotopic (exact) mass is 288 g/mol. The van der Waals surface area contributed by atoms with E-state index < -0.39 is 7.38 Å². The molecule has 2 heteroatoms. The number of aryl methyl sites for hydroxylation is 2. The summed E-state index contributed by atoms with van der Waals surface area (Å²) in [6.07, 6.45) is 0. The Balaban J connectivity index is 2.65. The smallest absolute Gasteiger partial charge is 0.155 e. The molecular weight excluding hydrogens is 268 g/mol. The topological polar surface area (TPSA) is 0 Å². The lowest BCUT2D eigenvalue weighted by atomic mass is 10.1. The van der Waals surface area contributed by atoms with E-state index in [0.717, 1.165) is 0 Å². The van der Waals surface area contributed by atoms with Crippen LogP contribution in [0.15, 0.2) is 36.4 Å². The fourth-order valence-electron chi connectivity index (χ4n) is 2.66. The third kappa shape index (κ3) is 2.50. The zero-order valence-electron chi connectivity index (χ0n) is 12.3. The number of hydrogen-bond acceptors (Lipinski definition) is 0. The highest BCUT2D eigenvalue weighted by Gasteiger charge is 2.33. The summed E-state index contributed by atoms with van der Waals surface area (Å²) in [6, 6.07) is 13.0. The van der Waals surface area contributed by atoms with Crippen LogP contribution < -0.4 is 10.4 Å². The maximum absolute atomic E-state index is 7.08. The minimum absolute atomic E-state index is 1.32. The molecule has 0 amide bonds. The number of halogens is 1. The maximum Gasteiger partial charge on any atom is 0.214 e. The van der Waals surface area contributed by atoms with Crippen molar-refractivity contribution in [1.82, 2.24) is 0 Å². The van der Waals surface area contributed by atoms with Crippen molar-refractivity contribution in [2.75, 3.05) is 0 Å². The fourth-order valence-corrected chi connectivity index (χ4v) is 6.80. The summed E-state index contributed by atoms with van der Waals surface area (Å²) in [6.45, 7) is 10.9. The molecule has 0 saturated heterocycles. The molecule has 0 fully saturated rings. The molecule has 0 N–H and O–H groups in total. The van der Waals surface area contributed by atoms with Crippen molar-refractivity contribution in [2.45, 2.75) is 34.2 Å². The van der Waals surface area contributed by atoms with Crippen LogP contribution in [0, 0.1) is 27.7 Å². The van der Waals surface area contributed by atoms with Crippen LogP contribution in [-0.2, 0) is 0 Å². The zero-order chi connectivity index (χ0) is 14.2. The van der Waals surface area contributed by atoms with E-state index in [1.807, 2.05) is 0 Å². The van der Waals surface area contributed by atoms with E-state index in [0.29, 0.717) is 0 Å². The van der Waals surface area contributed by atoms with Gasteiger partial charge < -0.3 is 0 Å². The van der Waals surface area contributed by atoms with Crippen LogP contribution in [0.5, 0.6) is 0 Å². The molecule has 2 aromatic rings. The second-order valence-corrected chi connectivity index (χ2v) is 10.8. The third-order valence-electron chi connectivity index (χ3n) is 4.22. The van der Waals surface area contributed by atoms with Crippen molar-refractivity contribution in [3.05, 3.63) is 58.7 Å². The van der Waals surface area contributed by atoms with Gasteiger partial charge in [-0.2, -0.15) is 11.1 Å². The first kappa shape index (κ1) is 14.4. The average Bonchev–Trinajstić information content (AvgIpc) is 2.35. The van der Waals surface area contributed by atoms with E-state index in [4.69, 9.17) is 11.1 Å². The molecule has 0 aliphatic rings. The Morgan fingerprint density at radius 1 is 0.737 bits per heavy atom. The molecule has 2 rings (SSSR count). The van der Waals surface area contributed by atoms with E-state index in [9.17, 15) is 0 Å². The van der Waals surface area contributed by atoms with Crippen LogP contribution in [0.2, 0.25) is 6.55 Å². The molecule has 0 nitrogen and oxygen atoms in total. The lowest BCUT2D eigenvalue weighted by Gasteiger charge is -2.26. The lowest BCUT2D eigenvalue weighted by Crippen LogP contribution is -2.53. The number of hydrogen-bond donors (Lipinski definition) is 0. The van der Waals surface area contributed by atoms with Gasteiger partial charge in [0.1, 0.15) is 0 Å². The van der Waals surface area contributed by atoms with Gasteiger partial charge in [-0.05, 0) is 66.9 Å². The summed E-state index contributed by atoms with van der Waals surface area (Å²) < 4.78 is 0. The Morgan fingerprint density at radius 2 is 1.11 bits per heavy atom. The van der Waals surface area contributed by atoms with Gasteiger partial charge in [0.05, 0.1) is 0 Å². The molecule has 0 aliphatic heterocycles. The van der Waals surface area contributed by atoms with E-state index in [-0.39, 0.29) is 0 Å². The lowest BCUT2D eigenvalue weighted by molar-refractivity contribution is 1.35. The Hall–Kier alpha value is -1.05. The van der Waals surface area contributed by atoms with Crippen molar-refractivity contribution in [3.8, 4) is 0 Å². The summed E-state index contributed by atoms with van der Waals surface area (Å²) in [5.41, 5.74) is 5.32. The van der Waals surface area contributed by atoms with Crippen LogP contribution in [0.4, 0.5) is 0 Å². The Morgan fingerprint density at radius 3 is 1.47 bits per heavy atom. The van der Waals surface area contributed by atoms with Crippen molar-refractivity contribution >= 4 is 28.8 Å². The molecule has 0 spiro atoms. The van der Waals surface area contributed by atoms with Gasteiger partial charge in [-0.3, -0.25) is 0 Å². The van der Waals surface area contributed by atoms with E-state index in [1.165, 1.54) is 32.6 Å². The first-order valence-electron chi connectivity index (χ1n) is 6.68.